The molecule has 0 bridgehead atoms. The van der Waals surface area contributed by atoms with Gasteiger partial charge >= 0.3 is 6.18 Å². The first kappa shape index (κ1) is 16.2. The molecule has 1 saturated heterocycles. The van der Waals surface area contributed by atoms with Crippen LogP contribution < -0.4 is 5.73 Å². The largest absolute Gasteiger partial charge is 0.399 e. The highest BCUT2D eigenvalue weighted by atomic mass is 35.5. The van der Waals surface area contributed by atoms with Crippen molar-refractivity contribution < 1.29 is 18.0 Å². The molecule has 1 aromatic rings. The summed E-state index contributed by atoms with van der Waals surface area (Å²) in [6.07, 6.45) is -3.99. The Morgan fingerprint density at radius 3 is 2.62 bits per heavy atom. The van der Waals surface area contributed by atoms with E-state index < -0.39 is 18.0 Å². The molecule has 1 amide bonds. The standard InChI is InChI=1S/C13H13Cl2F3N2O/c14-10-5-8(19)4-9(11(10)15)12(21)20-3-1-2-7(6-20)13(16,17)18/h4-5,7H,1-3,6,19H2. The molecule has 0 radical (unpaired) electrons. The number of benzene rings is 1. The first-order valence-electron chi connectivity index (χ1n) is 6.30. The van der Waals surface area contributed by atoms with E-state index in [2.05, 4.69) is 0 Å². The van der Waals surface area contributed by atoms with Gasteiger partial charge in [0.25, 0.3) is 5.91 Å². The van der Waals surface area contributed by atoms with Gasteiger partial charge in [0.1, 0.15) is 0 Å². The summed E-state index contributed by atoms with van der Waals surface area (Å²) in [6, 6.07) is 2.71. The number of piperidine rings is 1. The predicted octanol–water partition coefficient (Wildman–Crippen LogP) is 3.99. The average molecular weight is 341 g/mol. The van der Waals surface area contributed by atoms with E-state index in [1.54, 1.807) is 0 Å². The van der Waals surface area contributed by atoms with E-state index >= 15 is 0 Å². The number of carbonyl (C=O) groups is 1. The molecule has 116 valence electrons. The highest BCUT2D eigenvalue weighted by Gasteiger charge is 2.43. The Balaban J connectivity index is 2.24. The summed E-state index contributed by atoms with van der Waals surface area (Å²) >= 11 is 11.8. The van der Waals surface area contributed by atoms with Gasteiger partial charge in [0, 0.05) is 18.8 Å². The molecule has 0 aliphatic carbocycles. The van der Waals surface area contributed by atoms with Crippen LogP contribution in [0.2, 0.25) is 10.0 Å². The molecule has 1 aliphatic heterocycles. The number of nitrogens with zero attached hydrogens (tertiary/aromatic N) is 1. The SMILES string of the molecule is Nc1cc(Cl)c(Cl)c(C(=O)N2CCCC(C(F)(F)F)C2)c1. The number of nitrogen functional groups attached to an aromatic ring is 1. The summed E-state index contributed by atoms with van der Waals surface area (Å²) in [4.78, 5) is 13.5. The van der Waals surface area contributed by atoms with Crippen molar-refractivity contribution in [3.63, 3.8) is 0 Å². The maximum atomic E-state index is 12.8. The maximum absolute atomic E-state index is 12.8. The van der Waals surface area contributed by atoms with Gasteiger partial charge < -0.3 is 10.6 Å². The van der Waals surface area contributed by atoms with Crippen molar-refractivity contribution in [3.05, 3.63) is 27.7 Å². The second-order valence-electron chi connectivity index (χ2n) is 5.00. The zero-order valence-electron chi connectivity index (χ0n) is 10.9. The molecule has 1 aliphatic rings. The summed E-state index contributed by atoms with van der Waals surface area (Å²) in [5.41, 5.74) is 5.86. The number of likely N-dealkylation sites (tertiary alicyclic amines) is 1. The van der Waals surface area contributed by atoms with Gasteiger partial charge in [-0.3, -0.25) is 4.79 Å². The third kappa shape index (κ3) is 3.55. The fourth-order valence-electron chi connectivity index (χ4n) is 2.36. The fraction of sp³-hybridized carbons (Fsp3) is 0.462. The molecule has 2 rings (SSSR count). The maximum Gasteiger partial charge on any atom is 0.393 e. The molecule has 0 aromatic heterocycles. The van der Waals surface area contributed by atoms with Crippen LogP contribution in [-0.2, 0) is 0 Å². The first-order chi connectivity index (χ1) is 9.70. The van der Waals surface area contributed by atoms with Crippen molar-refractivity contribution in [1.82, 2.24) is 4.90 Å². The number of amides is 1. The van der Waals surface area contributed by atoms with Gasteiger partial charge in [-0.2, -0.15) is 13.2 Å². The van der Waals surface area contributed by atoms with Crippen molar-refractivity contribution in [3.8, 4) is 0 Å². The Hall–Kier alpha value is -1.14. The van der Waals surface area contributed by atoms with Crippen LogP contribution in [0.5, 0.6) is 0 Å². The summed E-state index contributed by atoms with van der Waals surface area (Å²) in [5.74, 6) is -2.09. The minimum atomic E-state index is -4.31. The van der Waals surface area contributed by atoms with Gasteiger partial charge in [-0.05, 0) is 25.0 Å². The molecule has 1 fully saturated rings. The average Bonchev–Trinajstić information content (AvgIpc) is 2.41. The molecule has 8 heteroatoms. The molecular weight excluding hydrogens is 328 g/mol. The van der Waals surface area contributed by atoms with Crippen molar-refractivity contribution in [1.29, 1.82) is 0 Å². The van der Waals surface area contributed by atoms with Crippen molar-refractivity contribution in [2.45, 2.75) is 19.0 Å². The number of halogens is 5. The number of alkyl halides is 3. The van der Waals surface area contributed by atoms with E-state index in [0.717, 1.165) is 4.90 Å². The van der Waals surface area contributed by atoms with Crippen LogP contribution in [0.15, 0.2) is 12.1 Å². The first-order valence-corrected chi connectivity index (χ1v) is 7.06. The molecule has 1 heterocycles. The molecule has 0 saturated carbocycles. The van der Waals surface area contributed by atoms with E-state index in [1.165, 1.54) is 12.1 Å². The van der Waals surface area contributed by atoms with Crippen LogP contribution in [0.4, 0.5) is 18.9 Å². The van der Waals surface area contributed by atoms with E-state index in [0.29, 0.717) is 6.42 Å². The van der Waals surface area contributed by atoms with Crippen LogP contribution in [-0.4, -0.2) is 30.1 Å². The third-order valence-electron chi connectivity index (χ3n) is 3.45. The van der Waals surface area contributed by atoms with Crippen LogP contribution in [0.25, 0.3) is 0 Å². The Morgan fingerprint density at radius 2 is 2.00 bits per heavy atom. The Kier molecular flexibility index (Phi) is 4.58. The van der Waals surface area contributed by atoms with Crippen LogP contribution >= 0.6 is 23.2 Å². The lowest BCUT2D eigenvalue weighted by Gasteiger charge is -2.34. The van der Waals surface area contributed by atoms with Gasteiger partial charge in [0.2, 0.25) is 0 Å². The van der Waals surface area contributed by atoms with Gasteiger partial charge in [-0.1, -0.05) is 23.2 Å². The van der Waals surface area contributed by atoms with E-state index in [-0.39, 0.29) is 40.8 Å². The van der Waals surface area contributed by atoms with Gasteiger partial charge in [0.05, 0.1) is 21.5 Å². The minimum absolute atomic E-state index is 0.00463. The third-order valence-corrected chi connectivity index (χ3v) is 4.25. The summed E-state index contributed by atoms with van der Waals surface area (Å²) in [7, 11) is 0. The molecule has 2 N–H and O–H groups in total. The lowest BCUT2D eigenvalue weighted by atomic mass is 9.97. The van der Waals surface area contributed by atoms with Crippen molar-refractivity contribution in [2.75, 3.05) is 18.8 Å². The summed E-state index contributed by atoms with van der Waals surface area (Å²) in [6.45, 7) is -0.112. The zero-order valence-corrected chi connectivity index (χ0v) is 12.4. The fourth-order valence-corrected chi connectivity index (χ4v) is 2.78. The number of hydrogen-bond acceptors (Lipinski definition) is 2. The molecule has 0 spiro atoms. The van der Waals surface area contributed by atoms with Crippen LogP contribution in [0.3, 0.4) is 0 Å². The lowest BCUT2D eigenvalue weighted by molar-refractivity contribution is -0.184. The minimum Gasteiger partial charge on any atom is -0.399 e. The number of carbonyl (C=O) groups excluding carboxylic acids is 1. The van der Waals surface area contributed by atoms with Gasteiger partial charge in [-0.15, -0.1) is 0 Å². The monoisotopic (exact) mass is 340 g/mol. The van der Waals surface area contributed by atoms with Crippen molar-refractivity contribution >= 4 is 34.8 Å². The predicted molar refractivity (Wildman–Crippen MR) is 75.6 cm³/mol. The lowest BCUT2D eigenvalue weighted by Crippen LogP contribution is -2.44. The van der Waals surface area contributed by atoms with Gasteiger partial charge in [-0.25, -0.2) is 0 Å². The number of nitrogens with two attached hydrogens (primary N) is 1. The summed E-state index contributed by atoms with van der Waals surface area (Å²) < 4.78 is 38.3. The highest BCUT2D eigenvalue weighted by molar-refractivity contribution is 6.44. The van der Waals surface area contributed by atoms with Crippen LogP contribution in [0, 0.1) is 5.92 Å². The Bertz CT molecular complexity index is 563. The molecule has 1 atom stereocenters. The number of anilines is 1. The molecule has 21 heavy (non-hydrogen) atoms. The highest BCUT2D eigenvalue weighted by Crippen LogP contribution is 2.35. The molecule has 1 unspecified atom stereocenters. The van der Waals surface area contributed by atoms with Crippen molar-refractivity contribution in [2.24, 2.45) is 5.92 Å². The van der Waals surface area contributed by atoms with E-state index in [4.69, 9.17) is 28.9 Å². The van der Waals surface area contributed by atoms with E-state index in [9.17, 15) is 18.0 Å². The number of rotatable bonds is 1. The second kappa shape index (κ2) is 5.93. The van der Waals surface area contributed by atoms with E-state index in [1.807, 2.05) is 0 Å². The molecule has 1 aromatic carbocycles. The quantitative estimate of drug-likeness (QED) is 0.785. The number of hydrogen-bond donors (Lipinski definition) is 1. The van der Waals surface area contributed by atoms with Crippen LogP contribution in [0.1, 0.15) is 23.2 Å². The normalized spacial score (nSPS) is 19.7. The smallest absolute Gasteiger partial charge is 0.393 e. The Labute approximate surface area is 129 Å². The topological polar surface area (TPSA) is 46.3 Å². The second-order valence-corrected chi connectivity index (χ2v) is 5.78. The zero-order chi connectivity index (χ0) is 15.8. The molecule has 3 nitrogen and oxygen atoms in total. The van der Waals surface area contributed by atoms with Gasteiger partial charge in [0.15, 0.2) is 0 Å². The molecular formula is C13H13Cl2F3N2O. The summed E-state index contributed by atoms with van der Waals surface area (Å²) in [5, 5.41) is 0.106. The Morgan fingerprint density at radius 1 is 1.33 bits per heavy atom.